The van der Waals surface area contributed by atoms with Crippen LogP contribution in [0.1, 0.15) is 33.7 Å². The maximum Gasteiger partial charge on any atom is 0.268 e. The van der Waals surface area contributed by atoms with E-state index in [0.717, 1.165) is 5.69 Å². The second-order valence-corrected chi connectivity index (χ2v) is 7.79. The number of hydrogen-bond donors (Lipinski definition) is 1. The number of ether oxygens (including phenoxy) is 1. The van der Waals surface area contributed by atoms with Crippen molar-refractivity contribution < 1.29 is 9.53 Å². The van der Waals surface area contributed by atoms with Gasteiger partial charge in [0.05, 0.1) is 22.0 Å². The van der Waals surface area contributed by atoms with Crippen molar-refractivity contribution in [3.63, 3.8) is 0 Å². The molecule has 2 heterocycles. The first-order chi connectivity index (χ1) is 12.8. The Morgan fingerprint density at radius 3 is 2.56 bits per heavy atom. The van der Waals surface area contributed by atoms with Crippen LogP contribution in [0.15, 0.2) is 53.4 Å². The van der Waals surface area contributed by atoms with Crippen molar-refractivity contribution in [3.05, 3.63) is 53.4 Å². The van der Waals surface area contributed by atoms with Gasteiger partial charge in [-0.2, -0.15) is 5.10 Å². The highest BCUT2D eigenvalue weighted by molar-refractivity contribution is 9.10. The Bertz CT molecular complexity index is 931. The quantitative estimate of drug-likeness (QED) is 0.634. The fourth-order valence-corrected chi connectivity index (χ4v) is 2.73. The van der Waals surface area contributed by atoms with E-state index in [1.165, 1.54) is 0 Å². The third-order valence-corrected chi connectivity index (χ3v) is 4.49. The van der Waals surface area contributed by atoms with Gasteiger partial charge in [-0.1, -0.05) is 18.2 Å². The number of aromatic nitrogens is 4. The molecule has 0 unspecified atom stereocenters. The molecule has 0 aliphatic heterocycles. The van der Waals surface area contributed by atoms with E-state index in [0.29, 0.717) is 16.0 Å². The van der Waals surface area contributed by atoms with Gasteiger partial charge in [0.15, 0.2) is 5.60 Å². The zero-order valence-electron chi connectivity index (χ0n) is 15.7. The molecule has 0 fully saturated rings. The molecule has 142 valence electrons. The van der Waals surface area contributed by atoms with Gasteiger partial charge in [-0.3, -0.25) is 9.48 Å². The van der Waals surface area contributed by atoms with Gasteiger partial charge in [0.2, 0.25) is 5.88 Å². The molecule has 0 saturated heterocycles. The van der Waals surface area contributed by atoms with Crippen LogP contribution in [0.3, 0.4) is 0 Å². The van der Waals surface area contributed by atoms with E-state index in [-0.39, 0.29) is 11.9 Å². The monoisotopic (exact) mass is 431 g/mol. The molecule has 27 heavy (non-hydrogen) atoms. The molecular formula is C19H22BrN5O2. The predicted octanol–water partition coefficient (Wildman–Crippen LogP) is 4.21. The van der Waals surface area contributed by atoms with Gasteiger partial charge in [-0.15, -0.1) is 5.10 Å². The van der Waals surface area contributed by atoms with Crippen LogP contribution in [0, 0.1) is 0 Å². The van der Waals surface area contributed by atoms with E-state index in [9.17, 15) is 4.79 Å². The Labute approximate surface area is 166 Å². The summed E-state index contributed by atoms with van der Waals surface area (Å²) in [5, 5.41) is 11.5. The topological polar surface area (TPSA) is 74.0 Å². The summed E-state index contributed by atoms with van der Waals surface area (Å²) in [5.41, 5.74) is 0.397. The van der Waals surface area contributed by atoms with Gasteiger partial charge in [-0.05, 0) is 55.8 Å². The molecule has 1 amide bonds. The van der Waals surface area contributed by atoms with Crippen LogP contribution in [0.25, 0.3) is 5.69 Å². The van der Waals surface area contributed by atoms with Crippen molar-refractivity contribution in [1.82, 2.24) is 19.6 Å². The zero-order chi connectivity index (χ0) is 19.6. The number of carbonyl (C=O) groups excluding carboxylic acids is 1. The zero-order valence-corrected chi connectivity index (χ0v) is 17.3. The number of benzene rings is 1. The molecule has 2 aromatic heterocycles. The van der Waals surface area contributed by atoms with Crippen molar-refractivity contribution in [1.29, 1.82) is 0 Å². The SMILES string of the molecule is CC(C)n1cc(NC(=O)C(C)(C)Oc2nn(-c3ccccc3)cc2Br)cn1. The molecule has 3 rings (SSSR count). The molecular weight excluding hydrogens is 410 g/mol. The van der Waals surface area contributed by atoms with Crippen LogP contribution in [0.4, 0.5) is 5.69 Å². The molecule has 0 saturated carbocycles. The summed E-state index contributed by atoms with van der Waals surface area (Å²) in [6, 6.07) is 9.90. The second-order valence-electron chi connectivity index (χ2n) is 6.93. The van der Waals surface area contributed by atoms with Gasteiger partial charge in [0, 0.05) is 18.4 Å². The van der Waals surface area contributed by atoms with Crippen LogP contribution in [-0.2, 0) is 4.79 Å². The molecule has 0 spiro atoms. The Balaban J connectivity index is 1.73. The highest BCUT2D eigenvalue weighted by Crippen LogP contribution is 2.28. The van der Waals surface area contributed by atoms with Gasteiger partial charge < -0.3 is 10.1 Å². The van der Waals surface area contributed by atoms with Gasteiger partial charge in [0.1, 0.15) is 0 Å². The van der Waals surface area contributed by atoms with Gasteiger partial charge >= 0.3 is 0 Å². The number of para-hydroxylation sites is 1. The highest BCUT2D eigenvalue weighted by Gasteiger charge is 2.32. The number of amides is 1. The van der Waals surface area contributed by atoms with Gasteiger partial charge in [0.25, 0.3) is 5.91 Å². The molecule has 1 aromatic carbocycles. The molecule has 3 aromatic rings. The average Bonchev–Trinajstić information content (AvgIpc) is 3.23. The summed E-state index contributed by atoms with van der Waals surface area (Å²) in [4.78, 5) is 12.7. The standard InChI is InChI=1S/C19H22BrN5O2/c1-13(2)24-11-14(10-21-24)22-18(26)19(3,4)27-17-16(20)12-25(23-17)15-8-6-5-7-9-15/h5-13H,1-4H3,(H,22,26). The normalized spacial score (nSPS) is 11.6. The molecule has 0 radical (unpaired) electrons. The minimum absolute atomic E-state index is 0.220. The van der Waals surface area contributed by atoms with E-state index < -0.39 is 5.60 Å². The van der Waals surface area contributed by atoms with Crippen LogP contribution < -0.4 is 10.1 Å². The summed E-state index contributed by atoms with van der Waals surface area (Å²) in [6.45, 7) is 7.44. The number of nitrogens with zero attached hydrogens (tertiary/aromatic N) is 4. The third-order valence-electron chi connectivity index (χ3n) is 3.95. The van der Waals surface area contributed by atoms with Gasteiger partial charge in [-0.25, -0.2) is 4.68 Å². The van der Waals surface area contributed by atoms with Crippen LogP contribution in [0.2, 0.25) is 0 Å². The maximum absolute atomic E-state index is 12.7. The number of anilines is 1. The molecule has 8 heteroatoms. The number of rotatable bonds is 6. The number of carbonyl (C=O) groups is 1. The lowest BCUT2D eigenvalue weighted by atomic mass is 10.1. The van der Waals surface area contributed by atoms with E-state index >= 15 is 0 Å². The van der Waals surface area contributed by atoms with Crippen molar-refractivity contribution >= 4 is 27.5 Å². The highest BCUT2D eigenvalue weighted by atomic mass is 79.9. The molecule has 0 aliphatic rings. The molecule has 0 aliphatic carbocycles. The lowest BCUT2D eigenvalue weighted by molar-refractivity contribution is -0.128. The number of nitrogens with one attached hydrogen (secondary N) is 1. The Morgan fingerprint density at radius 2 is 1.93 bits per heavy atom. The summed E-state index contributed by atoms with van der Waals surface area (Å²) in [5.74, 6) is 0.0591. The predicted molar refractivity (Wildman–Crippen MR) is 107 cm³/mol. The van der Waals surface area contributed by atoms with E-state index in [1.807, 2.05) is 44.2 Å². The van der Waals surface area contributed by atoms with Crippen LogP contribution >= 0.6 is 15.9 Å². The molecule has 7 nitrogen and oxygen atoms in total. The lowest BCUT2D eigenvalue weighted by Gasteiger charge is -2.23. The minimum atomic E-state index is -1.13. The third kappa shape index (κ3) is 4.39. The first kappa shape index (κ1) is 19.2. The number of hydrogen-bond acceptors (Lipinski definition) is 4. The fraction of sp³-hybridized carbons (Fsp3) is 0.316. The van der Waals surface area contributed by atoms with E-state index in [2.05, 4.69) is 31.4 Å². The summed E-state index contributed by atoms with van der Waals surface area (Å²) < 4.78 is 10.0. The van der Waals surface area contributed by atoms with Crippen molar-refractivity contribution in [2.45, 2.75) is 39.3 Å². The Kier molecular flexibility index (Phi) is 5.36. The smallest absolute Gasteiger partial charge is 0.268 e. The summed E-state index contributed by atoms with van der Waals surface area (Å²) in [7, 11) is 0. The van der Waals surface area contributed by atoms with Crippen LogP contribution in [-0.4, -0.2) is 31.1 Å². The van der Waals surface area contributed by atoms with Crippen molar-refractivity contribution in [2.24, 2.45) is 0 Å². The second kappa shape index (κ2) is 7.56. The average molecular weight is 432 g/mol. The van der Waals surface area contributed by atoms with Crippen molar-refractivity contribution in [3.8, 4) is 11.6 Å². The minimum Gasteiger partial charge on any atom is -0.460 e. The van der Waals surface area contributed by atoms with E-state index in [4.69, 9.17) is 4.74 Å². The number of halogens is 1. The Hall–Kier alpha value is -2.61. The molecule has 0 bridgehead atoms. The summed E-state index contributed by atoms with van der Waals surface area (Å²) in [6.07, 6.45) is 5.21. The summed E-state index contributed by atoms with van der Waals surface area (Å²) >= 11 is 3.45. The fourth-order valence-electron chi connectivity index (χ4n) is 2.37. The van der Waals surface area contributed by atoms with E-state index in [1.54, 1.807) is 41.8 Å². The van der Waals surface area contributed by atoms with Crippen molar-refractivity contribution in [2.75, 3.05) is 5.32 Å². The lowest BCUT2D eigenvalue weighted by Crippen LogP contribution is -2.42. The largest absolute Gasteiger partial charge is 0.460 e. The maximum atomic E-state index is 12.7. The first-order valence-electron chi connectivity index (χ1n) is 8.61. The molecule has 1 N–H and O–H groups in total. The Morgan fingerprint density at radius 1 is 1.22 bits per heavy atom. The van der Waals surface area contributed by atoms with Crippen LogP contribution in [0.5, 0.6) is 5.88 Å². The molecule has 0 atom stereocenters. The first-order valence-corrected chi connectivity index (χ1v) is 9.41.